The van der Waals surface area contributed by atoms with E-state index in [1.807, 2.05) is 0 Å². The maximum atomic E-state index is 12.2. The zero-order chi connectivity index (χ0) is 18.3. The number of esters is 1. The van der Waals surface area contributed by atoms with Gasteiger partial charge in [-0.25, -0.2) is 0 Å². The van der Waals surface area contributed by atoms with Crippen LogP contribution < -0.4 is 0 Å². The van der Waals surface area contributed by atoms with E-state index in [0.29, 0.717) is 0 Å². The van der Waals surface area contributed by atoms with Crippen molar-refractivity contribution in [3.05, 3.63) is 33.9 Å². The fraction of sp³-hybridized carbons (Fsp3) is 0.333. The average Bonchev–Trinajstić information content (AvgIpc) is 2.54. The summed E-state index contributed by atoms with van der Waals surface area (Å²) in [5, 5.41) is 19.8. The van der Waals surface area contributed by atoms with Crippen molar-refractivity contribution < 1.29 is 19.2 Å². The van der Waals surface area contributed by atoms with Gasteiger partial charge in [-0.2, -0.15) is 5.26 Å². The molecule has 0 aliphatic heterocycles. The number of carbonyl (C=O) groups is 2. The van der Waals surface area contributed by atoms with Crippen LogP contribution in [-0.2, 0) is 9.53 Å². The highest BCUT2D eigenvalue weighted by Crippen LogP contribution is 2.25. The van der Waals surface area contributed by atoms with Crippen molar-refractivity contribution in [1.29, 1.82) is 5.26 Å². The van der Waals surface area contributed by atoms with Crippen LogP contribution in [0.4, 0.5) is 11.4 Å². The summed E-state index contributed by atoms with van der Waals surface area (Å²) in [5.41, 5.74) is -0.156. The first-order chi connectivity index (χ1) is 11.3. The van der Waals surface area contributed by atoms with Crippen molar-refractivity contribution in [2.75, 3.05) is 20.7 Å². The number of hydrogen-bond acceptors (Lipinski definition) is 7. The summed E-state index contributed by atoms with van der Waals surface area (Å²) in [4.78, 5) is 39.2. The number of nitro benzene ring substituents is 1. The van der Waals surface area contributed by atoms with Crippen LogP contribution in [0.25, 0.3) is 0 Å². The molecular formula is C15H16N4O5. The summed E-state index contributed by atoms with van der Waals surface area (Å²) in [6.07, 6.45) is 1.05. The fourth-order valence-corrected chi connectivity index (χ4v) is 1.70. The third-order valence-corrected chi connectivity index (χ3v) is 2.87. The molecule has 126 valence electrons. The molecule has 0 spiro atoms. The number of nitrogens with zero attached hydrogens (tertiary/aromatic N) is 4. The van der Waals surface area contributed by atoms with Crippen molar-refractivity contribution in [1.82, 2.24) is 4.90 Å². The number of nitriles is 1. The van der Waals surface area contributed by atoms with Crippen molar-refractivity contribution in [2.45, 2.75) is 6.92 Å². The highest BCUT2D eigenvalue weighted by atomic mass is 16.6. The molecule has 0 saturated heterocycles. The van der Waals surface area contributed by atoms with Crippen LogP contribution in [0, 0.1) is 27.4 Å². The molecule has 0 N–H and O–H groups in total. The molecule has 0 radical (unpaired) electrons. The van der Waals surface area contributed by atoms with Crippen LogP contribution in [0.5, 0.6) is 0 Å². The van der Waals surface area contributed by atoms with Crippen LogP contribution in [0.2, 0.25) is 0 Å². The molecule has 1 rings (SSSR count). The Bertz CT molecular complexity index is 721. The van der Waals surface area contributed by atoms with Gasteiger partial charge >= 0.3 is 5.97 Å². The normalized spacial score (nSPS) is 11.6. The van der Waals surface area contributed by atoms with E-state index in [0.717, 1.165) is 12.3 Å². The number of hydrogen-bond donors (Lipinski definition) is 0. The predicted molar refractivity (Wildman–Crippen MR) is 85.0 cm³/mol. The first kappa shape index (κ1) is 18.8. The molecule has 1 aromatic carbocycles. The standard InChI is InChI=1S/C15H16N4O5/c1-4-24-15(21)10(8-16)9-17-13-6-5-11(19(22)23)7-12(13)14(20)18(2)3/h5-7,9-10H,4H2,1-3H3. The van der Waals surface area contributed by atoms with Gasteiger partial charge in [0.05, 0.1) is 28.9 Å². The van der Waals surface area contributed by atoms with Crippen LogP contribution in [0.3, 0.4) is 0 Å². The van der Waals surface area contributed by atoms with E-state index in [9.17, 15) is 19.7 Å². The Morgan fingerprint density at radius 3 is 2.67 bits per heavy atom. The van der Waals surface area contributed by atoms with Crippen molar-refractivity contribution in [3.63, 3.8) is 0 Å². The molecule has 9 heteroatoms. The van der Waals surface area contributed by atoms with E-state index in [-0.39, 0.29) is 23.5 Å². The molecule has 24 heavy (non-hydrogen) atoms. The lowest BCUT2D eigenvalue weighted by atomic mass is 10.1. The molecule has 1 atom stereocenters. The third kappa shape index (κ3) is 4.61. The smallest absolute Gasteiger partial charge is 0.328 e. The highest BCUT2D eigenvalue weighted by Gasteiger charge is 2.20. The molecule has 0 saturated carbocycles. The molecule has 1 unspecified atom stereocenters. The summed E-state index contributed by atoms with van der Waals surface area (Å²) >= 11 is 0. The van der Waals surface area contributed by atoms with Gasteiger partial charge < -0.3 is 9.64 Å². The monoisotopic (exact) mass is 332 g/mol. The molecule has 1 aromatic rings. The van der Waals surface area contributed by atoms with Gasteiger partial charge in [0.15, 0.2) is 5.92 Å². The van der Waals surface area contributed by atoms with E-state index < -0.39 is 22.7 Å². The van der Waals surface area contributed by atoms with Gasteiger partial charge in [0.1, 0.15) is 0 Å². The number of benzene rings is 1. The molecule has 0 heterocycles. The van der Waals surface area contributed by atoms with E-state index in [4.69, 9.17) is 10.00 Å². The lowest BCUT2D eigenvalue weighted by Gasteiger charge is -2.12. The molecule has 0 fully saturated rings. The van der Waals surface area contributed by atoms with Crippen LogP contribution in [0.1, 0.15) is 17.3 Å². The van der Waals surface area contributed by atoms with E-state index in [2.05, 4.69) is 4.99 Å². The number of carbonyl (C=O) groups excluding carboxylic acids is 2. The van der Waals surface area contributed by atoms with Gasteiger partial charge in [-0.15, -0.1) is 0 Å². The Morgan fingerprint density at radius 2 is 2.17 bits per heavy atom. The van der Waals surface area contributed by atoms with Crippen LogP contribution >= 0.6 is 0 Å². The third-order valence-electron chi connectivity index (χ3n) is 2.87. The Morgan fingerprint density at radius 1 is 1.50 bits per heavy atom. The lowest BCUT2D eigenvalue weighted by Crippen LogP contribution is -2.22. The number of amides is 1. The lowest BCUT2D eigenvalue weighted by molar-refractivity contribution is -0.384. The number of ether oxygens (including phenoxy) is 1. The minimum atomic E-state index is -1.23. The molecule has 0 bridgehead atoms. The molecule has 0 aliphatic carbocycles. The average molecular weight is 332 g/mol. The number of rotatable bonds is 6. The second kappa shape index (κ2) is 8.38. The van der Waals surface area contributed by atoms with Gasteiger partial charge in [0, 0.05) is 32.4 Å². The molecule has 1 amide bonds. The maximum Gasteiger partial charge on any atom is 0.328 e. The minimum Gasteiger partial charge on any atom is -0.465 e. The van der Waals surface area contributed by atoms with Crippen molar-refractivity contribution in [2.24, 2.45) is 10.9 Å². The van der Waals surface area contributed by atoms with Crippen molar-refractivity contribution >= 4 is 29.5 Å². The van der Waals surface area contributed by atoms with Gasteiger partial charge in [0.25, 0.3) is 11.6 Å². The summed E-state index contributed by atoms with van der Waals surface area (Å²) in [7, 11) is 2.98. The first-order valence-corrected chi connectivity index (χ1v) is 6.92. The summed E-state index contributed by atoms with van der Waals surface area (Å²) in [6.45, 7) is 1.72. The summed E-state index contributed by atoms with van der Waals surface area (Å²) in [6, 6.07) is 5.30. The SMILES string of the molecule is CCOC(=O)C(C#N)C=Nc1ccc([N+](=O)[O-])cc1C(=O)N(C)C. The van der Waals surface area contributed by atoms with Gasteiger partial charge in [-0.1, -0.05) is 0 Å². The van der Waals surface area contributed by atoms with E-state index in [1.54, 1.807) is 13.0 Å². The Labute approximate surface area is 138 Å². The van der Waals surface area contributed by atoms with E-state index >= 15 is 0 Å². The topological polar surface area (TPSA) is 126 Å². The largest absolute Gasteiger partial charge is 0.465 e. The first-order valence-electron chi connectivity index (χ1n) is 6.92. The summed E-state index contributed by atoms with van der Waals surface area (Å²) < 4.78 is 4.73. The highest BCUT2D eigenvalue weighted by molar-refractivity contribution is 6.01. The summed E-state index contributed by atoms with van der Waals surface area (Å²) in [5.74, 6) is -2.48. The Kier molecular flexibility index (Phi) is 6.55. The minimum absolute atomic E-state index is 0.00833. The van der Waals surface area contributed by atoms with Crippen LogP contribution in [-0.4, -0.2) is 48.6 Å². The quantitative estimate of drug-likeness (QED) is 0.338. The zero-order valence-corrected chi connectivity index (χ0v) is 13.4. The molecule has 0 aromatic heterocycles. The molecule has 0 aliphatic rings. The van der Waals surface area contributed by atoms with Gasteiger partial charge in [-0.3, -0.25) is 24.7 Å². The Balaban J connectivity index is 3.25. The second-order valence-corrected chi connectivity index (χ2v) is 4.80. The van der Waals surface area contributed by atoms with Gasteiger partial charge in [0.2, 0.25) is 0 Å². The Hall–Kier alpha value is -3.28. The number of aliphatic imine (C=N–C) groups is 1. The maximum absolute atomic E-state index is 12.2. The number of nitro groups is 1. The predicted octanol–water partition coefficient (Wildman–Crippen LogP) is 1.70. The molecular weight excluding hydrogens is 316 g/mol. The second-order valence-electron chi connectivity index (χ2n) is 4.80. The van der Waals surface area contributed by atoms with E-state index in [1.165, 1.54) is 31.1 Å². The van der Waals surface area contributed by atoms with Gasteiger partial charge in [-0.05, 0) is 13.0 Å². The molecule has 9 nitrogen and oxygen atoms in total. The fourth-order valence-electron chi connectivity index (χ4n) is 1.70. The van der Waals surface area contributed by atoms with Crippen LogP contribution in [0.15, 0.2) is 23.2 Å². The number of non-ortho nitro benzene ring substituents is 1. The van der Waals surface area contributed by atoms with Crippen molar-refractivity contribution in [3.8, 4) is 6.07 Å². The zero-order valence-electron chi connectivity index (χ0n) is 13.4.